The standard InChI is InChI=1S/C19H21N7O6S3/c1-25-13(6-21-24-25)34-7-9-8-35-17-19(32-2,16(30)26(17)14(9)15(28)29)23-12(27)5-11-10(3-4-33-11)22-18(20)31/h3-4,6,17H,5,7-8H2,1-2H3,(H,23,27)(H,28,29)(H3,20,22,31)/t17?,19-/m0/s1. The van der Waals surface area contributed by atoms with Crippen LogP contribution in [0.25, 0.3) is 0 Å². The van der Waals surface area contributed by atoms with Gasteiger partial charge in [0.05, 0.1) is 18.3 Å². The largest absolute Gasteiger partial charge is 0.477 e. The normalized spacial score (nSPS) is 21.4. The fraction of sp³-hybridized carbons (Fsp3) is 0.368. The number of carbonyl (C=O) groups is 4. The Labute approximate surface area is 211 Å². The molecule has 13 nitrogen and oxygen atoms in total. The van der Waals surface area contributed by atoms with Gasteiger partial charge in [-0.25, -0.2) is 14.3 Å². The molecule has 4 amide bonds. The molecule has 1 fully saturated rings. The summed E-state index contributed by atoms with van der Waals surface area (Å²) in [5.74, 6) is -1.78. The number of nitrogens with two attached hydrogens (primary N) is 1. The van der Waals surface area contributed by atoms with Gasteiger partial charge in [0.25, 0.3) is 11.6 Å². The minimum Gasteiger partial charge on any atom is -0.477 e. The summed E-state index contributed by atoms with van der Waals surface area (Å²) in [4.78, 5) is 51.0. The lowest BCUT2D eigenvalue weighted by Crippen LogP contribution is -2.80. The number of nitrogens with one attached hydrogen (secondary N) is 2. The molecule has 4 heterocycles. The minimum atomic E-state index is -1.71. The second-order valence-electron chi connectivity index (χ2n) is 7.49. The van der Waals surface area contributed by atoms with Gasteiger partial charge in [0.2, 0.25) is 5.91 Å². The van der Waals surface area contributed by atoms with Gasteiger partial charge in [-0.2, -0.15) is 0 Å². The Morgan fingerprint density at radius 1 is 1.43 bits per heavy atom. The second-order valence-corrected chi connectivity index (χ2v) is 10.6. The number of β-lactam (4-membered cyclic amide) rings is 1. The number of anilines is 1. The van der Waals surface area contributed by atoms with Gasteiger partial charge in [0.1, 0.15) is 16.1 Å². The molecule has 0 saturated carbocycles. The highest BCUT2D eigenvalue weighted by atomic mass is 32.2. The van der Waals surface area contributed by atoms with E-state index < -0.39 is 34.9 Å². The van der Waals surface area contributed by atoms with Crippen LogP contribution in [-0.2, 0) is 32.6 Å². The summed E-state index contributed by atoms with van der Waals surface area (Å²) in [6, 6.07) is 0.853. The number of methoxy groups -OCH3 is 1. The van der Waals surface area contributed by atoms with Crippen molar-refractivity contribution < 1.29 is 29.0 Å². The summed E-state index contributed by atoms with van der Waals surface area (Å²) >= 11 is 3.90. The SMILES string of the molecule is CO[C@@]1(NC(=O)Cc2sccc2NC(N)=O)C(=O)N2C(C(=O)O)=C(CSc3cnnn3C)CSC21. The molecule has 5 N–H and O–H groups in total. The predicted octanol–water partition coefficient (Wildman–Crippen LogP) is 0.415. The number of rotatable bonds is 9. The lowest BCUT2D eigenvalue weighted by atomic mass is 9.98. The third-order valence-corrected chi connectivity index (χ3v) is 8.80. The van der Waals surface area contributed by atoms with Gasteiger partial charge in [0.15, 0.2) is 0 Å². The number of carboxylic acid groups (broad SMARTS) is 1. The Hall–Kier alpha value is -3.08. The summed E-state index contributed by atoms with van der Waals surface area (Å²) < 4.78 is 7.04. The molecule has 2 aliphatic rings. The molecule has 2 aromatic heterocycles. The zero-order valence-corrected chi connectivity index (χ0v) is 21.0. The van der Waals surface area contributed by atoms with Crippen LogP contribution in [0, 0.1) is 0 Å². The highest BCUT2D eigenvalue weighted by Crippen LogP contribution is 2.47. The molecule has 2 atom stereocenters. The minimum absolute atomic E-state index is 0.116. The first-order valence-corrected chi connectivity index (χ1v) is 13.0. The number of thioether (sulfide) groups is 2. The molecule has 0 radical (unpaired) electrons. The fourth-order valence-corrected chi connectivity index (χ4v) is 7.05. The lowest BCUT2D eigenvalue weighted by Gasteiger charge is -2.55. The van der Waals surface area contributed by atoms with Crippen molar-refractivity contribution in [1.29, 1.82) is 0 Å². The Morgan fingerprint density at radius 3 is 2.83 bits per heavy atom. The molecule has 35 heavy (non-hydrogen) atoms. The molecule has 0 spiro atoms. The number of fused-ring (bicyclic) bond motifs is 1. The molecule has 0 aliphatic carbocycles. The quantitative estimate of drug-likeness (QED) is 0.198. The van der Waals surface area contributed by atoms with Gasteiger partial charge < -0.3 is 26.2 Å². The highest BCUT2D eigenvalue weighted by molar-refractivity contribution is 8.01. The Balaban J connectivity index is 1.51. The third kappa shape index (κ3) is 4.61. The van der Waals surface area contributed by atoms with Crippen LogP contribution >= 0.6 is 34.9 Å². The fourth-order valence-electron chi connectivity index (χ4n) is 3.75. The van der Waals surface area contributed by atoms with E-state index in [1.165, 1.54) is 42.0 Å². The number of nitrogens with zero attached hydrogens (tertiary/aromatic N) is 4. The number of carbonyl (C=O) groups excluding carboxylic acids is 3. The number of primary amides is 1. The zero-order valence-electron chi connectivity index (χ0n) is 18.5. The number of hydrogen-bond acceptors (Lipinski definition) is 10. The Bertz CT molecular complexity index is 1230. The second kappa shape index (κ2) is 9.88. The average molecular weight is 540 g/mol. The van der Waals surface area contributed by atoms with E-state index in [0.29, 0.717) is 27.6 Å². The van der Waals surface area contributed by atoms with Gasteiger partial charge in [-0.3, -0.25) is 14.5 Å². The number of thiophene rings is 1. The highest BCUT2D eigenvalue weighted by Gasteiger charge is 2.66. The van der Waals surface area contributed by atoms with E-state index in [-0.39, 0.29) is 12.1 Å². The first-order valence-electron chi connectivity index (χ1n) is 10.0. The molecule has 0 bridgehead atoms. The number of aromatic nitrogens is 3. The Kier molecular flexibility index (Phi) is 7.07. The maximum absolute atomic E-state index is 13.2. The molecule has 2 aromatic rings. The number of aryl methyl sites for hydroxylation is 1. The molecule has 16 heteroatoms. The summed E-state index contributed by atoms with van der Waals surface area (Å²) in [6.07, 6.45) is 1.44. The number of urea groups is 1. The molecule has 186 valence electrons. The molecule has 1 unspecified atom stereocenters. The van der Waals surface area contributed by atoms with Crippen LogP contribution in [0.5, 0.6) is 0 Å². The van der Waals surface area contributed by atoms with Gasteiger partial charge >= 0.3 is 12.0 Å². The van der Waals surface area contributed by atoms with E-state index in [2.05, 4.69) is 20.9 Å². The van der Waals surface area contributed by atoms with Crippen molar-refractivity contribution in [2.75, 3.05) is 23.9 Å². The summed E-state index contributed by atoms with van der Waals surface area (Å²) in [6.45, 7) is 0. The van der Waals surface area contributed by atoms with Crippen molar-refractivity contribution in [2.24, 2.45) is 12.8 Å². The first-order chi connectivity index (χ1) is 16.7. The maximum Gasteiger partial charge on any atom is 0.352 e. The zero-order chi connectivity index (χ0) is 25.3. The molecular weight excluding hydrogens is 518 g/mol. The van der Waals surface area contributed by atoms with Crippen LogP contribution in [0.1, 0.15) is 4.88 Å². The number of amides is 4. The van der Waals surface area contributed by atoms with E-state index in [0.717, 1.165) is 9.93 Å². The van der Waals surface area contributed by atoms with E-state index in [9.17, 15) is 24.3 Å². The van der Waals surface area contributed by atoms with Crippen molar-refractivity contribution >= 4 is 64.4 Å². The van der Waals surface area contributed by atoms with Crippen LogP contribution < -0.4 is 16.4 Å². The van der Waals surface area contributed by atoms with Gasteiger partial charge in [-0.05, 0) is 17.0 Å². The smallest absolute Gasteiger partial charge is 0.352 e. The van der Waals surface area contributed by atoms with Crippen molar-refractivity contribution in [3.05, 3.63) is 33.8 Å². The van der Waals surface area contributed by atoms with Crippen LogP contribution in [-0.4, -0.2) is 78.5 Å². The predicted molar refractivity (Wildman–Crippen MR) is 129 cm³/mol. The first kappa shape index (κ1) is 25.0. The monoisotopic (exact) mass is 539 g/mol. The topological polar surface area (TPSA) is 182 Å². The van der Waals surface area contributed by atoms with Crippen molar-refractivity contribution in [2.45, 2.75) is 22.5 Å². The van der Waals surface area contributed by atoms with Gasteiger partial charge in [-0.1, -0.05) is 5.21 Å². The average Bonchev–Trinajstić information content (AvgIpc) is 3.42. The number of hydrogen-bond donors (Lipinski definition) is 4. The number of ether oxygens (including phenoxy) is 1. The van der Waals surface area contributed by atoms with E-state index in [1.807, 2.05) is 0 Å². The van der Waals surface area contributed by atoms with Crippen LogP contribution in [0.3, 0.4) is 0 Å². The molecule has 1 saturated heterocycles. The van der Waals surface area contributed by atoms with Crippen LogP contribution in [0.4, 0.5) is 10.5 Å². The van der Waals surface area contributed by atoms with Crippen LogP contribution in [0.2, 0.25) is 0 Å². The third-order valence-electron chi connectivity index (χ3n) is 5.35. The summed E-state index contributed by atoms with van der Waals surface area (Å²) in [5, 5.41) is 24.3. The molecule has 4 rings (SSSR count). The van der Waals surface area contributed by atoms with Crippen molar-refractivity contribution in [3.63, 3.8) is 0 Å². The lowest BCUT2D eigenvalue weighted by molar-refractivity contribution is -0.192. The molecule has 0 aromatic carbocycles. The molecule has 2 aliphatic heterocycles. The van der Waals surface area contributed by atoms with E-state index in [1.54, 1.807) is 29.4 Å². The van der Waals surface area contributed by atoms with Crippen LogP contribution in [0.15, 0.2) is 33.9 Å². The van der Waals surface area contributed by atoms with E-state index >= 15 is 0 Å². The van der Waals surface area contributed by atoms with Crippen molar-refractivity contribution in [1.82, 2.24) is 25.2 Å². The van der Waals surface area contributed by atoms with E-state index in [4.69, 9.17) is 10.5 Å². The molecular formula is C19H21N7O6S3. The number of aliphatic carboxylic acids is 1. The Morgan fingerprint density at radius 2 is 2.20 bits per heavy atom. The van der Waals surface area contributed by atoms with Gasteiger partial charge in [0, 0.05) is 30.5 Å². The number of carboxylic acids is 1. The maximum atomic E-state index is 13.2. The van der Waals surface area contributed by atoms with Gasteiger partial charge in [-0.15, -0.1) is 40.0 Å². The summed E-state index contributed by atoms with van der Waals surface area (Å²) in [5.41, 5.74) is 4.30. The van der Waals surface area contributed by atoms with Crippen molar-refractivity contribution in [3.8, 4) is 0 Å². The summed E-state index contributed by atoms with van der Waals surface area (Å²) in [7, 11) is 3.01.